The molecule has 0 rings (SSSR count). The van der Waals surface area contributed by atoms with Crippen molar-refractivity contribution < 1.29 is 9.59 Å². The molecule has 0 aliphatic heterocycles. The van der Waals surface area contributed by atoms with E-state index >= 15 is 0 Å². The van der Waals surface area contributed by atoms with Crippen molar-refractivity contribution in [3.8, 4) is 0 Å². The number of carbonyl (C=O) groups is 2. The average molecular weight is 201 g/mol. The van der Waals surface area contributed by atoms with Gasteiger partial charge in [0.25, 0.3) is 0 Å². The quantitative estimate of drug-likeness (QED) is 0.597. The fourth-order valence-electron chi connectivity index (χ4n) is 1.07. The van der Waals surface area contributed by atoms with Crippen LogP contribution in [0.25, 0.3) is 0 Å². The van der Waals surface area contributed by atoms with Crippen LogP contribution < -0.4 is 11.1 Å². The van der Waals surface area contributed by atoms with Crippen molar-refractivity contribution in [3.05, 3.63) is 0 Å². The minimum Gasteiger partial charge on any atom is -0.369 e. The smallest absolute Gasteiger partial charge is 0.234 e. The molecule has 0 spiro atoms. The van der Waals surface area contributed by atoms with Crippen LogP contribution in [0.3, 0.4) is 0 Å². The minimum absolute atomic E-state index is 0.0805. The number of nitrogens with one attached hydrogen (secondary N) is 1. The van der Waals surface area contributed by atoms with Crippen LogP contribution >= 0.6 is 0 Å². The summed E-state index contributed by atoms with van der Waals surface area (Å²) in [6.07, 6.45) is 0. The molecular formula is C9H19N3O2. The molecule has 82 valence electrons. The molecule has 0 aliphatic carbocycles. The van der Waals surface area contributed by atoms with Gasteiger partial charge in [-0.3, -0.25) is 14.5 Å². The van der Waals surface area contributed by atoms with Crippen LogP contribution in [0.4, 0.5) is 0 Å². The lowest BCUT2D eigenvalue weighted by atomic mass is 10.3. The topological polar surface area (TPSA) is 75.4 Å². The van der Waals surface area contributed by atoms with Gasteiger partial charge in [-0.05, 0) is 20.4 Å². The zero-order valence-corrected chi connectivity index (χ0v) is 9.04. The van der Waals surface area contributed by atoms with Crippen LogP contribution in [0.2, 0.25) is 0 Å². The highest BCUT2D eigenvalue weighted by Crippen LogP contribution is 1.87. The average Bonchev–Trinajstić information content (AvgIpc) is 2.00. The Hall–Kier alpha value is -1.10. The zero-order valence-electron chi connectivity index (χ0n) is 9.04. The molecule has 5 heteroatoms. The van der Waals surface area contributed by atoms with Gasteiger partial charge in [0.1, 0.15) is 0 Å². The number of hydrogen-bond donors (Lipinski definition) is 2. The third-order valence-electron chi connectivity index (χ3n) is 1.64. The first kappa shape index (κ1) is 12.9. The number of nitrogens with zero attached hydrogens (tertiary/aromatic N) is 1. The van der Waals surface area contributed by atoms with Crippen molar-refractivity contribution in [2.45, 2.75) is 26.8 Å². The molecule has 2 amide bonds. The second-order valence-corrected chi connectivity index (χ2v) is 3.49. The molecule has 0 aromatic carbocycles. The van der Waals surface area contributed by atoms with E-state index in [0.717, 1.165) is 0 Å². The van der Waals surface area contributed by atoms with Crippen LogP contribution in [0.5, 0.6) is 0 Å². The van der Waals surface area contributed by atoms with E-state index < -0.39 is 5.91 Å². The third kappa shape index (κ3) is 6.42. The van der Waals surface area contributed by atoms with Gasteiger partial charge >= 0.3 is 0 Å². The SMILES string of the molecule is CCN(CC(N)=O)CC(=O)NC(C)C. The third-order valence-corrected chi connectivity index (χ3v) is 1.64. The first-order valence-corrected chi connectivity index (χ1v) is 4.75. The molecule has 0 aliphatic rings. The standard InChI is InChI=1S/C9H19N3O2/c1-4-12(5-8(10)13)6-9(14)11-7(2)3/h7H,4-6H2,1-3H3,(H2,10,13)(H,11,14). The van der Waals surface area contributed by atoms with Crippen LogP contribution in [0, 0.1) is 0 Å². The van der Waals surface area contributed by atoms with Gasteiger partial charge in [0, 0.05) is 6.04 Å². The summed E-state index contributed by atoms with van der Waals surface area (Å²) in [6, 6.07) is 0.120. The molecule has 0 bridgehead atoms. The highest BCUT2D eigenvalue weighted by molar-refractivity contribution is 5.80. The second-order valence-electron chi connectivity index (χ2n) is 3.49. The zero-order chi connectivity index (χ0) is 11.1. The summed E-state index contributed by atoms with van der Waals surface area (Å²) in [5.74, 6) is -0.493. The van der Waals surface area contributed by atoms with Crippen molar-refractivity contribution >= 4 is 11.8 Å². The Labute approximate surface area is 84.6 Å². The van der Waals surface area contributed by atoms with E-state index in [1.54, 1.807) is 4.90 Å². The van der Waals surface area contributed by atoms with E-state index in [2.05, 4.69) is 5.32 Å². The summed E-state index contributed by atoms with van der Waals surface area (Å²) in [5, 5.41) is 2.75. The molecule has 0 saturated heterocycles. The van der Waals surface area contributed by atoms with E-state index in [9.17, 15) is 9.59 Å². The largest absolute Gasteiger partial charge is 0.369 e. The molecule has 5 nitrogen and oxygen atoms in total. The fraction of sp³-hybridized carbons (Fsp3) is 0.778. The van der Waals surface area contributed by atoms with Crippen molar-refractivity contribution in [2.75, 3.05) is 19.6 Å². The maximum Gasteiger partial charge on any atom is 0.234 e. The van der Waals surface area contributed by atoms with E-state index in [1.807, 2.05) is 20.8 Å². The molecule has 0 fully saturated rings. The van der Waals surface area contributed by atoms with Gasteiger partial charge in [-0.1, -0.05) is 6.92 Å². The summed E-state index contributed by atoms with van der Waals surface area (Å²) < 4.78 is 0. The van der Waals surface area contributed by atoms with Crippen LogP contribution in [0.15, 0.2) is 0 Å². The Morgan fingerprint density at radius 1 is 1.36 bits per heavy atom. The number of likely N-dealkylation sites (N-methyl/N-ethyl adjacent to an activating group) is 1. The van der Waals surface area contributed by atoms with E-state index in [-0.39, 0.29) is 25.0 Å². The minimum atomic E-state index is -0.413. The van der Waals surface area contributed by atoms with E-state index in [1.165, 1.54) is 0 Å². The molecule has 3 N–H and O–H groups in total. The van der Waals surface area contributed by atoms with Crippen molar-refractivity contribution in [1.29, 1.82) is 0 Å². The van der Waals surface area contributed by atoms with Gasteiger partial charge in [0.2, 0.25) is 11.8 Å². The van der Waals surface area contributed by atoms with Gasteiger partial charge in [0.05, 0.1) is 13.1 Å². The maximum atomic E-state index is 11.3. The summed E-state index contributed by atoms with van der Waals surface area (Å²) in [6.45, 7) is 6.64. The number of nitrogens with two attached hydrogens (primary N) is 1. The van der Waals surface area contributed by atoms with Crippen LogP contribution in [0.1, 0.15) is 20.8 Å². The monoisotopic (exact) mass is 201 g/mol. The predicted molar refractivity (Wildman–Crippen MR) is 54.6 cm³/mol. The van der Waals surface area contributed by atoms with E-state index in [4.69, 9.17) is 5.73 Å². The fourth-order valence-corrected chi connectivity index (χ4v) is 1.07. The number of amides is 2. The Morgan fingerprint density at radius 2 is 1.93 bits per heavy atom. The molecule has 0 aromatic rings. The van der Waals surface area contributed by atoms with Gasteiger partial charge in [-0.15, -0.1) is 0 Å². The number of rotatable bonds is 6. The Kier molecular flexibility index (Phi) is 5.87. The second kappa shape index (κ2) is 6.37. The summed E-state index contributed by atoms with van der Waals surface area (Å²) in [7, 11) is 0. The maximum absolute atomic E-state index is 11.3. The van der Waals surface area contributed by atoms with Gasteiger partial charge < -0.3 is 11.1 Å². The lowest BCUT2D eigenvalue weighted by Gasteiger charge is -2.18. The number of carbonyl (C=O) groups excluding carboxylic acids is 2. The number of hydrogen-bond acceptors (Lipinski definition) is 3. The molecule has 0 saturated carbocycles. The molecule has 14 heavy (non-hydrogen) atoms. The Morgan fingerprint density at radius 3 is 2.29 bits per heavy atom. The van der Waals surface area contributed by atoms with Crippen LogP contribution in [-0.2, 0) is 9.59 Å². The molecule has 0 atom stereocenters. The van der Waals surface area contributed by atoms with Gasteiger partial charge in [-0.25, -0.2) is 0 Å². The molecule has 0 aromatic heterocycles. The van der Waals surface area contributed by atoms with Crippen molar-refractivity contribution in [1.82, 2.24) is 10.2 Å². The molecule has 0 heterocycles. The summed E-state index contributed by atoms with van der Waals surface area (Å²) >= 11 is 0. The van der Waals surface area contributed by atoms with Crippen molar-refractivity contribution in [2.24, 2.45) is 5.73 Å². The Balaban J connectivity index is 3.92. The highest BCUT2D eigenvalue weighted by Gasteiger charge is 2.11. The molecular weight excluding hydrogens is 182 g/mol. The Bertz CT molecular complexity index is 204. The summed E-state index contributed by atoms with van der Waals surface area (Å²) in [4.78, 5) is 23.6. The van der Waals surface area contributed by atoms with Gasteiger partial charge in [-0.2, -0.15) is 0 Å². The molecule has 0 unspecified atom stereocenters. The first-order valence-electron chi connectivity index (χ1n) is 4.75. The lowest BCUT2D eigenvalue weighted by molar-refractivity contribution is -0.124. The molecule has 0 radical (unpaired) electrons. The van der Waals surface area contributed by atoms with Crippen LogP contribution in [-0.4, -0.2) is 42.4 Å². The lowest BCUT2D eigenvalue weighted by Crippen LogP contribution is -2.43. The summed E-state index contributed by atoms with van der Waals surface area (Å²) in [5.41, 5.74) is 5.03. The highest BCUT2D eigenvalue weighted by atomic mass is 16.2. The predicted octanol–water partition coefficient (Wildman–Crippen LogP) is -0.682. The van der Waals surface area contributed by atoms with Gasteiger partial charge in [0.15, 0.2) is 0 Å². The van der Waals surface area contributed by atoms with Crippen molar-refractivity contribution in [3.63, 3.8) is 0 Å². The normalized spacial score (nSPS) is 10.6. The first-order chi connectivity index (χ1) is 6.45. The van der Waals surface area contributed by atoms with E-state index in [0.29, 0.717) is 6.54 Å². The number of primary amides is 1.